The number of amides is 2. The number of hydrogen-bond donors (Lipinski definition) is 3. The highest BCUT2D eigenvalue weighted by Gasteiger charge is 2.29. The molecule has 2 aromatic heterocycles. The minimum absolute atomic E-state index is 0.0241. The van der Waals surface area contributed by atoms with Crippen LogP contribution in [0.15, 0.2) is 78.0 Å². The predicted octanol–water partition coefficient (Wildman–Crippen LogP) is 6.38. The number of carbonyl (C=O) groups excluding carboxylic acids is 2. The number of methoxy groups -OCH3 is 1. The summed E-state index contributed by atoms with van der Waals surface area (Å²) in [4.78, 5) is 34.0. The number of pyridine rings is 2. The molecule has 0 saturated carbocycles. The van der Waals surface area contributed by atoms with Crippen LogP contribution in [0.4, 0.5) is 20.6 Å². The maximum atomic E-state index is 15.0. The number of thioether (sulfide) groups is 1. The van der Waals surface area contributed by atoms with Crippen molar-refractivity contribution in [1.82, 2.24) is 15.3 Å². The third kappa shape index (κ3) is 7.30. The average Bonchev–Trinajstić information content (AvgIpc) is 3.43. The maximum Gasteiger partial charge on any atom is 0.323 e. The van der Waals surface area contributed by atoms with Crippen molar-refractivity contribution in [2.24, 2.45) is 0 Å². The summed E-state index contributed by atoms with van der Waals surface area (Å²) >= 11 is 1.60. The Morgan fingerprint density at radius 2 is 1.86 bits per heavy atom. The molecule has 9 nitrogen and oxygen atoms in total. The fraction of sp³-hybridized carbons (Fsp3) is 0.226. The zero-order valence-corrected chi connectivity index (χ0v) is 24.0. The van der Waals surface area contributed by atoms with Gasteiger partial charge >= 0.3 is 6.03 Å². The Labute approximate surface area is 247 Å². The lowest BCUT2D eigenvalue weighted by atomic mass is 10.1. The van der Waals surface area contributed by atoms with Crippen LogP contribution in [0.25, 0.3) is 0 Å². The van der Waals surface area contributed by atoms with Crippen LogP contribution in [0.3, 0.4) is 0 Å². The molecule has 1 aliphatic rings. The number of rotatable bonds is 11. The van der Waals surface area contributed by atoms with Gasteiger partial charge in [0.2, 0.25) is 0 Å². The van der Waals surface area contributed by atoms with E-state index in [0.717, 1.165) is 28.4 Å². The molecule has 0 radical (unpaired) electrons. The highest BCUT2D eigenvalue weighted by atomic mass is 32.2. The van der Waals surface area contributed by atoms with Gasteiger partial charge in [-0.05, 0) is 42.8 Å². The first kappa shape index (κ1) is 29.2. The van der Waals surface area contributed by atoms with Gasteiger partial charge in [-0.3, -0.25) is 14.8 Å². The summed E-state index contributed by atoms with van der Waals surface area (Å²) < 4.78 is 26.1. The van der Waals surface area contributed by atoms with Crippen molar-refractivity contribution in [2.75, 3.05) is 30.9 Å². The summed E-state index contributed by atoms with van der Waals surface area (Å²) in [6, 6.07) is 16.0. The van der Waals surface area contributed by atoms with Gasteiger partial charge in [-0.1, -0.05) is 18.2 Å². The highest BCUT2D eigenvalue weighted by Crippen LogP contribution is 2.50. The summed E-state index contributed by atoms with van der Waals surface area (Å²) in [7, 11) is 1.68. The van der Waals surface area contributed by atoms with Crippen molar-refractivity contribution < 1.29 is 23.5 Å². The summed E-state index contributed by atoms with van der Waals surface area (Å²) in [5.74, 6) is -0.211. The molecule has 2 amide bonds. The van der Waals surface area contributed by atoms with E-state index in [1.807, 2.05) is 12.3 Å². The molecule has 3 heterocycles. The lowest BCUT2D eigenvalue weighted by Gasteiger charge is -2.13. The van der Waals surface area contributed by atoms with Crippen LogP contribution in [0.2, 0.25) is 0 Å². The molecule has 11 heteroatoms. The molecular formula is C31H30FN5O4S. The molecule has 0 saturated heterocycles. The van der Waals surface area contributed by atoms with Gasteiger partial charge in [0.1, 0.15) is 5.75 Å². The molecule has 42 heavy (non-hydrogen) atoms. The van der Waals surface area contributed by atoms with Crippen LogP contribution in [-0.2, 0) is 17.7 Å². The van der Waals surface area contributed by atoms with Crippen LogP contribution >= 0.6 is 11.8 Å². The van der Waals surface area contributed by atoms with E-state index in [2.05, 4.69) is 32.0 Å². The SMILES string of the molecule is COCCNCc1ccc(C2Cc3nccc(Oc4ccc(NC(=O)Nc5cccc(C(C)=O)c5)cc4F)c3S2)nc1. The molecule has 216 valence electrons. The number of Topliss-reactive ketones (excluding diaryl/α,β-unsaturated/α-hetero) is 1. The number of hydrogen-bond acceptors (Lipinski definition) is 8. The Morgan fingerprint density at radius 1 is 1.02 bits per heavy atom. The number of halogens is 1. The summed E-state index contributed by atoms with van der Waals surface area (Å²) in [6.07, 6.45) is 4.21. The fourth-order valence-corrected chi connectivity index (χ4v) is 5.66. The van der Waals surface area contributed by atoms with Gasteiger partial charge in [-0.25, -0.2) is 9.18 Å². The molecule has 3 N–H and O–H groups in total. The molecule has 1 aliphatic heterocycles. The zero-order valence-electron chi connectivity index (χ0n) is 23.1. The van der Waals surface area contributed by atoms with Crippen molar-refractivity contribution in [1.29, 1.82) is 0 Å². The molecule has 1 atom stereocenters. The largest absolute Gasteiger partial charge is 0.453 e. The number of benzene rings is 2. The van der Waals surface area contributed by atoms with Crippen molar-refractivity contribution in [3.05, 3.63) is 101 Å². The number of urea groups is 1. The monoisotopic (exact) mass is 587 g/mol. The molecule has 0 fully saturated rings. The third-order valence-electron chi connectivity index (χ3n) is 6.51. The Balaban J connectivity index is 1.20. The number of carbonyl (C=O) groups is 2. The number of nitrogens with zero attached hydrogens (tertiary/aromatic N) is 2. The molecule has 0 spiro atoms. The van der Waals surface area contributed by atoms with Crippen molar-refractivity contribution in [3.63, 3.8) is 0 Å². The summed E-state index contributed by atoms with van der Waals surface area (Å²) in [5, 5.41) is 8.62. The molecule has 0 bridgehead atoms. The van der Waals surface area contributed by atoms with Crippen LogP contribution < -0.4 is 20.7 Å². The maximum absolute atomic E-state index is 15.0. The van der Waals surface area contributed by atoms with E-state index in [1.54, 1.807) is 61.5 Å². The average molecular weight is 588 g/mol. The zero-order chi connectivity index (χ0) is 29.5. The first-order chi connectivity index (χ1) is 20.4. The topological polar surface area (TPSA) is 114 Å². The predicted molar refractivity (Wildman–Crippen MR) is 160 cm³/mol. The number of anilines is 2. The smallest absolute Gasteiger partial charge is 0.323 e. The molecule has 2 aromatic carbocycles. The summed E-state index contributed by atoms with van der Waals surface area (Å²) in [5.41, 5.74) is 4.08. The van der Waals surface area contributed by atoms with E-state index in [9.17, 15) is 9.59 Å². The van der Waals surface area contributed by atoms with E-state index in [1.165, 1.54) is 19.1 Å². The molecule has 5 rings (SSSR count). The van der Waals surface area contributed by atoms with E-state index >= 15 is 4.39 Å². The number of aromatic nitrogens is 2. The molecule has 0 aliphatic carbocycles. The van der Waals surface area contributed by atoms with Gasteiger partial charge < -0.3 is 25.4 Å². The first-order valence-corrected chi connectivity index (χ1v) is 14.2. The van der Waals surface area contributed by atoms with E-state index < -0.39 is 11.8 Å². The minimum atomic E-state index is -0.632. The van der Waals surface area contributed by atoms with Crippen molar-refractivity contribution in [3.8, 4) is 11.5 Å². The lowest BCUT2D eigenvalue weighted by Crippen LogP contribution is -2.19. The number of fused-ring (bicyclic) bond motifs is 1. The summed E-state index contributed by atoms with van der Waals surface area (Å²) in [6.45, 7) is 3.59. The molecule has 1 unspecified atom stereocenters. The van der Waals surface area contributed by atoms with Crippen LogP contribution in [-0.4, -0.2) is 42.0 Å². The van der Waals surface area contributed by atoms with Gasteiger partial charge in [0.05, 0.1) is 28.1 Å². The Morgan fingerprint density at radius 3 is 2.60 bits per heavy atom. The number of ketones is 1. The van der Waals surface area contributed by atoms with Crippen LogP contribution in [0.1, 0.15) is 39.5 Å². The van der Waals surface area contributed by atoms with E-state index in [0.29, 0.717) is 36.6 Å². The van der Waals surface area contributed by atoms with Gasteiger partial charge in [0.25, 0.3) is 0 Å². The van der Waals surface area contributed by atoms with E-state index in [-0.39, 0.29) is 22.5 Å². The van der Waals surface area contributed by atoms with Gasteiger partial charge in [-0.15, -0.1) is 11.8 Å². The fourth-order valence-electron chi connectivity index (χ4n) is 4.37. The van der Waals surface area contributed by atoms with Gasteiger partial charge in [-0.2, -0.15) is 0 Å². The Kier molecular flexibility index (Phi) is 9.42. The number of nitrogens with one attached hydrogen (secondary N) is 3. The Hall–Kier alpha value is -4.32. The quantitative estimate of drug-likeness (QED) is 0.137. The normalized spacial score (nSPS) is 13.8. The van der Waals surface area contributed by atoms with Gasteiger partial charge in [0.15, 0.2) is 17.3 Å². The third-order valence-corrected chi connectivity index (χ3v) is 7.87. The van der Waals surface area contributed by atoms with Crippen LogP contribution in [0, 0.1) is 5.82 Å². The minimum Gasteiger partial charge on any atom is -0.453 e. The Bertz CT molecular complexity index is 1580. The molecule has 4 aromatic rings. The van der Waals surface area contributed by atoms with Crippen molar-refractivity contribution >= 4 is 35.0 Å². The lowest BCUT2D eigenvalue weighted by molar-refractivity contribution is 0.101. The van der Waals surface area contributed by atoms with Crippen molar-refractivity contribution in [2.45, 2.75) is 30.0 Å². The van der Waals surface area contributed by atoms with E-state index in [4.69, 9.17) is 9.47 Å². The first-order valence-electron chi connectivity index (χ1n) is 13.3. The molecular weight excluding hydrogens is 557 g/mol. The second kappa shape index (κ2) is 13.6. The highest BCUT2D eigenvalue weighted by molar-refractivity contribution is 8.00. The standard InChI is InChI=1S/C31H30FN5O4S/c1-19(38)21-4-3-5-22(14-21)36-31(39)37-23-7-9-27(24(32)15-23)41-28-10-11-34-26-16-29(42-30(26)28)25-8-6-20(18-35-25)17-33-12-13-40-2/h3-11,14-15,18,29,33H,12-13,16-17H2,1-2H3,(H2,36,37,39). The van der Waals surface area contributed by atoms with Gasteiger partial charge in [0, 0.05) is 68.1 Å². The van der Waals surface area contributed by atoms with Crippen LogP contribution in [0.5, 0.6) is 11.5 Å². The second-order valence-corrected chi connectivity index (χ2v) is 10.8. The number of ether oxygens (including phenoxy) is 2. The second-order valence-electron chi connectivity index (χ2n) is 9.62.